The van der Waals surface area contributed by atoms with Gasteiger partial charge in [0.2, 0.25) is 5.91 Å². The molecule has 9 nitrogen and oxygen atoms in total. The molecule has 0 aromatic heterocycles. The lowest BCUT2D eigenvalue weighted by atomic mass is 9.99. The van der Waals surface area contributed by atoms with Gasteiger partial charge >= 0.3 is 0 Å². The molecule has 7 unspecified atom stereocenters. The zero-order valence-corrected chi connectivity index (χ0v) is 49.8. The number of carbonyl (C=O) groups is 1. The molecule has 76 heavy (non-hydrogen) atoms. The Kier molecular flexibility index (Phi) is 53.6. The largest absolute Gasteiger partial charge is 0.394 e. The number of aliphatic hydroxyl groups is 5. The standard InChI is InChI=1S/C67H125NO8/c1-3-5-7-9-11-13-15-17-19-21-23-25-26-27-28-29-30-31-32-33-34-35-36-37-39-41-43-45-47-49-51-53-55-57-63(71)68-60(59-75-67-66(74)65(73)64(72)62(58-69)76-67)61(70)56-54-52-50-48-46-44-42-40-38-24-22-20-18-16-14-12-10-8-6-4-2/h15,17,21,23,26-27,54,56,60-62,64-67,69-70,72-74H,3-14,16,18-20,22,24-25,28-53,55,57-59H2,1-2H3,(H,68,71)/b17-15-,23-21-,27-26-,56-54+. The molecule has 1 fully saturated rings. The van der Waals surface area contributed by atoms with E-state index < -0.39 is 49.5 Å². The van der Waals surface area contributed by atoms with E-state index in [4.69, 9.17) is 9.47 Å². The van der Waals surface area contributed by atoms with Crippen LogP contribution in [0.3, 0.4) is 0 Å². The number of carbonyl (C=O) groups excluding carboxylic acids is 1. The first-order valence-electron chi connectivity index (χ1n) is 32.9. The smallest absolute Gasteiger partial charge is 0.220 e. The zero-order chi connectivity index (χ0) is 55.0. The first-order chi connectivity index (χ1) is 37.3. The third kappa shape index (κ3) is 44.9. The van der Waals surface area contributed by atoms with Gasteiger partial charge in [-0.1, -0.05) is 300 Å². The molecule has 1 aliphatic heterocycles. The molecule has 9 heteroatoms. The van der Waals surface area contributed by atoms with Crippen LogP contribution in [0.1, 0.15) is 316 Å². The Bertz CT molecular complexity index is 1340. The first-order valence-corrected chi connectivity index (χ1v) is 32.9. The van der Waals surface area contributed by atoms with Gasteiger partial charge in [-0.15, -0.1) is 0 Å². The number of allylic oxidation sites excluding steroid dienone is 7. The van der Waals surface area contributed by atoms with Crippen LogP contribution < -0.4 is 5.32 Å². The van der Waals surface area contributed by atoms with Crippen LogP contribution in [-0.4, -0.2) is 87.5 Å². The van der Waals surface area contributed by atoms with Crippen molar-refractivity contribution < 1.29 is 39.8 Å². The molecule has 7 atom stereocenters. The average Bonchev–Trinajstić information content (AvgIpc) is 3.42. The maximum atomic E-state index is 13.1. The summed E-state index contributed by atoms with van der Waals surface area (Å²) < 4.78 is 11.3. The fourth-order valence-corrected chi connectivity index (χ4v) is 10.5. The summed E-state index contributed by atoms with van der Waals surface area (Å²) in [5.41, 5.74) is 0. The third-order valence-corrected chi connectivity index (χ3v) is 15.6. The van der Waals surface area contributed by atoms with Gasteiger partial charge in [-0.05, 0) is 57.8 Å². The minimum Gasteiger partial charge on any atom is -0.394 e. The summed E-state index contributed by atoms with van der Waals surface area (Å²) in [5, 5.41) is 54.7. The van der Waals surface area contributed by atoms with Crippen molar-refractivity contribution in [3.8, 4) is 0 Å². The quantitative estimate of drug-likeness (QED) is 0.0261. The minimum absolute atomic E-state index is 0.172. The highest BCUT2D eigenvalue weighted by Gasteiger charge is 2.44. The molecule has 0 bridgehead atoms. The molecule has 1 amide bonds. The highest BCUT2D eigenvalue weighted by molar-refractivity contribution is 5.76. The topological polar surface area (TPSA) is 149 Å². The molecule has 0 aliphatic carbocycles. The van der Waals surface area contributed by atoms with Crippen LogP contribution in [0.4, 0.5) is 0 Å². The van der Waals surface area contributed by atoms with Crippen molar-refractivity contribution in [2.24, 2.45) is 0 Å². The van der Waals surface area contributed by atoms with Gasteiger partial charge in [0.05, 0.1) is 25.4 Å². The Hall–Kier alpha value is -1.85. The monoisotopic (exact) mass is 1070 g/mol. The minimum atomic E-state index is -1.57. The fourth-order valence-electron chi connectivity index (χ4n) is 10.5. The second-order valence-electron chi connectivity index (χ2n) is 22.9. The van der Waals surface area contributed by atoms with E-state index in [0.717, 1.165) is 51.4 Å². The summed E-state index contributed by atoms with van der Waals surface area (Å²) in [6.45, 7) is 3.80. The van der Waals surface area contributed by atoms with Crippen molar-refractivity contribution in [2.75, 3.05) is 13.2 Å². The van der Waals surface area contributed by atoms with Gasteiger partial charge in [0.1, 0.15) is 24.4 Å². The Morgan fingerprint density at radius 2 is 0.776 bits per heavy atom. The van der Waals surface area contributed by atoms with E-state index in [1.807, 2.05) is 6.08 Å². The number of aliphatic hydroxyl groups excluding tert-OH is 5. The average molecular weight is 1070 g/mol. The van der Waals surface area contributed by atoms with Crippen LogP contribution in [0.25, 0.3) is 0 Å². The van der Waals surface area contributed by atoms with Crippen molar-refractivity contribution in [1.82, 2.24) is 5.32 Å². The predicted octanol–water partition coefficient (Wildman–Crippen LogP) is 17.2. The van der Waals surface area contributed by atoms with Crippen molar-refractivity contribution in [3.05, 3.63) is 48.6 Å². The Labute approximate surface area is 469 Å². The molecule has 0 radical (unpaired) electrons. The lowest BCUT2D eigenvalue weighted by Crippen LogP contribution is -2.60. The van der Waals surface area contributed by atoms with Crippen LogP contribution in [0.2, 0.25) is 0 Å². The van der Waals surface area contributed by atoms with Crippen molar-refractivity contribution in [2.45, 2.75) is 358 Å². The van der Waals surface area contributed by atoms with E-state index >= 15 is 0 Å². The van der Waals surface area contributed by atoms with Gasteiger partial charge in [0, 0.05) is 6.42 Å². The number of hydrogen-bond donors (Lipinski definition) is 6. The van der Waals surface area contributed by atoms with E-state index in [0.29, 0.717) is 6.42 Å². The van der Waals surface area contributed by atoms with E-state index in [2.05, 4.69) is 55.6 Å². The van der Waals surface area contributed by atoms with Crippen LogP contribution in [0.5, 0.6) is 0 Å². The highest BCUT2D eigenvalue weighted by atomic mass is 16.7. The Morgan fingerprint density at radius 3 is 1.14 bits per heavy atom. The van der Waals surface area contributed by atoms with Gasteiger partial charge in [-0.2, -0.15) is 0 Å². The highest BCUT2D eigenvalue weighted by Crippen LogP contribution is 2.23. The molecule has 0 aromatic carbocycles. The Morgan fingerprint density at radius 1 is 0.447 bits per heavy atom. The number of ether oxygens (including phenoxy) is 2. The first kappa shape index (κ1) is 72.2. The second-order valence-corrected chi connectivity index (χ2v) is 22.9. The lowest BCUT2D eigenvalue weighted by Gasteiger charge is -2.40. The molecule has 1 heterocycles. The van der Waals surface area contributed by atoms with Gasteiger partial charge in [0.15, 0.2) is 6.29 Å². The maximum absolute atomic E-state index is 13.1. The number of rotatable bonds is 57. The van der Waals surface area contributed by atoms with E-state index in [-0.39, 0.29) is 12.5 Å². The predicted molar refractivity (Wildman–Crippen MR) is 323 cm³/mol. The molecule has 0 spiro atoms. The van der Waals surface area contributed by atoms with Gasteiger partial charge in [0.25, 0.3) is 0 Å². The fraction of sp³-hybridized carbons (Fsp3) is 0.866. The summed E-state index contributed by atoms with van der Waals surface area (Å²) in [5.74, 6) is -0.172. The number of unbranched alkanes of at least 4 members (excludes halogenated alkanes) is 41. The molecule has 0 aromatic rings. The van der Waals surface area contributed by atoms with Crippen LogP contribution in [-0.2, 0) is 14.3 Å². The van der Waals surface area contributed by atoms with Crippen molar-refractivity contribution in [3.63, 3.8) is 0 Å². The summed E-state index contributed by atoms with van der Waals surface area (Å²) >= 11 is 0. The third-order valence-electron chi connectivity index (χ3n) is 15.6. The Balaban J connectivity index is 2.13. The molecule has 1 saturated heterocycles. The second kappa shape index (κ2) is 56.4. The summed E-state index contributed by atoms with van der Waals surface area (Å²) in [6, 6.07) is -0.805. The van der Waals surface area contributed by atoms with Gasteiger partial charge in [-0.25, -0.2) is 0 Å². The lowest BCUT2D eigenvalue weighted by molar-refractivity contribution is -0.302. The summed E-state index contributed by atoms with van der Waals surface area (Å²) in [4.78, 5) is 13.1. The van der Waals surface area contributed by atoms with Crippen LogP contribution >= 0.6 is 0 Å². The summed E-state index contributed by atoms with van der Waals surface area (Å²) in [7, 11) is 0. The number of amides is 1. The number of nitrogens with one attached hydrogen (secondary N) is 1. The molecular weight excluding hydrogens is 947 g/mol. The van der Waals surface area contributed by atoms with E-state index in [9.17, 15) is 30.3 Å². The zero-order valence-electron chi connectivity index (χ0n) is 49.8. The normalized spacial score (nSPS) is 19.1. The molecule has 0 saturated carbocycles. The molecular formula is C67H125NO8. The molecule has 1 aliphatic rings. The summed E-state index contributed by atoms with van der Waals surface area (Å²) in [6.07, 6.45) is 69.1. The van der Waals surface area contributed by atoms with E-state index in [1.54, 1.807) is 6.08 Å². The SMILES string of the molecule is CCCCCCC/C=C\C/C=C\C/C=C\CCCCCCCCCCCCCCCCCCCCC(=O)NC(COC1OC(CO)C(O)C(O)C1O)C(O)/C=C/CCCCCCCCCCCCCCCCCCCC. The van der Waals surface area contributed by atoms with Crippen molar-refractivity contribution >= 4 is 5.91 Å². The maximum Gasteiger partial charge on any atom is 0.220 e. The molecule has 6 N–H and O–H groups in total. The molecule has 446 valence electrons. The van der Waals surface area contributed by atoms with Crippen molar-refractivity contribution in [1.29, 1.82) is 0 Å². The van der Waals surface area contributed by atoms with Gasteiger partial charge in [-0.3, -0.25) is 4.79 Å². The molecule has 1 rings (SSSR count). The van der Waals surface area contributed by atoms with Gasteiger partial charge < -0.3 is 40.3 Å². The van der Waals surface area contributed by atoms with E-state index in [1.165, 1.54) is 244 Å². The van der Waals surface area contributed by atoms with Crippen LogP contribution in [0.15, 0.2) is 48.6 Å². The number of hydrogen-bond acceptors (Lipinski definition) is 8. The van der Waals surface area contributed by atoms with Crippen LogP contribution in [0, 0.1) is 0 Å².